The molecule has 1 amide bonds. The highest BCUT2D eigenvalue weighted by molar-refractivity contribution is 6.35. The SMILES string of the molecule is CCC(C)Oc1ccc(NC(=O)CCCOc2ccc(Cl)cc2Cl)cc1. The molecule has 4 nitrogen and oxygen atoms in total. The quantitative estimate of drug-likeness (QED) is 0.532. The van der Waals surface area contributed by atoms with Gasteiger partial charge < -0.3 is 14.8 Å². The summed E-state index contributed by atoms with van der Waals surface area (Å²) in [5.74, 6) is 1.30. The Labute approximate surface area is 164 Å². The monoisotopic (exact) mass is 395 g/mol. The molecule has 2 aromatic carbocycles. The topological polar surface area (TPSA) is 47.6 Å². The number of benzene rings is 2. The zero-order valence-corrected chi connectivity index (χ0v) is 16.4. The zero-order valence-electron chi connectivity index (χ0n) is 14.9. The molecule has 0 saturated heterocycles. The second-order valence-electron chi connectivity index (χ2n) is 5.94. The Kier molecular flexibility index (Phi) is 8.07. The van der Waals surface area contributed by atoms with Crippen LogP contribution in [0.4, 0.5) is 5.69 Å². The van der Waals surface area contributed by atoms with E-state index in [9.17, 15) is 4.79 Å². The van der Waals surface area contributed by atoms with Crippen LogP contribution in [0.2, 0.25) is 10.0 Å². The van der Waals surface area contributed by atoms with Gasteiger partial charge in [-0.05, 0) is 62.2 Å². The number of hydrogen-bond acceptors (Lipinski definition) is 3. The van der Waals surface area contributed by atoms with Crippen molar-refractivity contribution >= 4 is 34.8 Å². The van der Waals surface area contributed by atoms with Crippen molar-refractivity contribution in [2.75, 3.05) is 11.9 Å². The van der Waals surface area contributed by atoms with Crippen molar-refractivity contribution in [2.24, 2.45) is 0 Å². The third kappa shape index (κ3) is 6.77. The van der Waals surface area contributed by atoms with E-state index in [4.69, 9.17) is 32.7 Å². The molecule has 0 heterocycles. The molecule has 0 saturated carbocycles. The summed E-state index contributed by atoms with van der Waals surface area (Å²) >= 11 is 11.9. The number of ether oxygens (including phenoxy) is 2. The first-order chi connectivity index (χ1) is 12.5. The lowest BCUT2D eigenvalue weighted by Crippen LogP contribution is -2.13. The molecule has 1 unspecified atom stereocenters. The van der Waals surface area contributed by atoms with Crippen molar-refractivity contribution in [1.82, 2.24) is 0 Å². The minimum absolute atomic E-state index is 0.0635. The van der Waals surface area contributed by atoms with Crippen LogP contribution in [0, 0.1) is 0 Å². The summed E-state index contributed by atoms with van der Waals surface area (Å²) in [5, 5.41) is 3.88. The summed E-state index contributed by atoms with van der Waals surface area (Å²) < 4.78 is 11.3. The molecule has 0 fully saturated rings. The predicted molar refractivity (Wildman–Crippen MR) is 107 cm³/mol. The van der Waals surface area contributed by atoms with Gasteiger partial charge in [-0.15, -0.1) is 0 Å². The molecule has 2 rings (SSSR count). The normalized spacial score (nSPS) is 11.7. The molecular formula is C20H23Cl2NO3. The highest BCUT2D eigenvalue weighted by Gasteiger charge is 2.06. The third-order valence-corrected chi connectivity index (χ3v) is 4.28. The molecule has 0 aliphatic carbocycles. The van der Waals surface area contributed by atoms with E-state index in [2.05, 4.69) is 12.2 Å². The summed E-state index contributed by atoms with van der Waals surface area (Å²) in [7, 11) is 0. The number of carbonyl (C=O) groups excluding carboxylic acids is 1. The Morgan fingerprint density at radius 2 is 1.88 bits per heavy atom. The number of amides is 1. The molecule has 6 heteroatoms. The summed E-state index contributed by atoms with van der Waals surface area (Å²) in [4.78, 5) is 12.0. The number of nitrogens with one attached hydrogen (secondary N) is 1. The van der Waals surface area contributed by atoms with Crippen LogP contribution in [0.5, 0.6) is 11.5 Å². The fraction of sp³-hybridized carbons (Fsp3) is 0.350. The first kappa shape index (κ1) is 20.4. The van der Waals surface area contributed by atoms with Gasteiger partial charge in [-0.25, -0.2) is 0 Å². The largest absolute Gasteiger partial charge is 0.492 e. The van der Waals surface area contributed by atoms with Crippen LogP contribution >= 0.6 is 23.2 Å². The van der Waals surface area contributed by atoms with Crippen molar-refractivity contribution in [3.63, 3.8) is 0 Å². The molecule has 1 N–H and O–H groups in total. The van der Waals surface area contributed by atoms with Crippen LogP contribution in [0.3, 0.4) is 0 Å². The molecule has 0 aromatic heterocycles. The van der Waals surface area contributed by atoms with Gasteiger partial charge in [0, 0.05) is 17.1 Å². The van der Waals surface area contributed by atoms with Gasteiger partial charge in [-0.2, -0.15) is 0 Å². The van der Waals surface area contributed by atoms with Crippen LogP contribution in [0.1, 0.15) is 33.1 Å². The predicted octanol–water partition coefficient (Wildman–Crippen LogP) is 5.97. The van der Waals surface area contributed by atoms with Gasteiger partial charge >= 0.3 is 0 Å². The van der Waals surface area contributed by atoms with E-state index in [0.717, 1.165) is 17.9 Å². The first-order valence-corrected chi connectivity index (χ1v) is 9.38. The van der Waals surface area contributed by atoms with Gasteiger partial charge in [0.15, 0.2) is 0 Å². The van der Waals surface area contributed by atoms with Crippen molar-refractivity contribution in [1.29, 1.82) is 0 Å². The Bertz CT molecular complexity index is 719. The van der Waals surface area contributed by atoms with Crippen LogP contribution < -0.4 is 14.8 Å². The lowest BCUT2D eigenvalue weighted by molar-refractivity contribution is -0.116. The fourth-order valence-corrected chi connectivity index (χ4v) is 2.63. The van der Waals surface area contributed by atoms with E-state index in [1.54, 1.807) is 18.2 Å². The highest BCUT2D eigenvalue weighted by Crippen LogP contribution is 2.27. The smallest absolute Gasteiger partial charge is 0.224 e. The van der Waals surface area contributed by atoms with Crippen LogP contribution in [-0.4, -0.2) is 18.6 Å². The molecule has 26 heavy (non-hydrogen) atoms. The molecule has 0 radical (unpaired) electrons. The number of halogens is 2. The second kappa shape index (κ2) is 10.3. The average molecular weight is 396 g/mol. The van der Waals surface area contributed by atoms with Crippen molar-refractivity contribution < 1.29 is 14.3 Å². The van der Waals surface area contributed by atoms with Gasteiger partial charge in [0.2, 0.25) is 5.91 Å². The maximum atomic E-state index is 12.0. The van der Waals surface area contributed by atoms with E-state index in [1.807, 2.05) is 31.2 Å². The van der Waals surface area contributed by atoms with E-state index in [0.29, 0.717) is 35.2 Å². The van der Waals surface area contributed by atoms with Gasteiger partial charge in [0.25, 0.3) is 0 Å². The number of carbonyl (C=O) groups is 1. The first-order valence-electron chi connectivity index (χ1n) is 8.62. The van der Waals surface area contributed by atoms with Crippen LogP contribution in [0.15, 0.2) is 42.5 Å². The fourth-order valence-electron chi connectivity index (χ4n) is 2.16. The lowest BCUT2D eigenvalue weighted by Gasteiger charge is -2.13. The van der Waals surface area contributed by atoms with Crippen molar-refractivity contribution in [2.45, 2.75) is 39.2 Å². The number of anilines is 1. The Balaban J connectivity index is 1.71. The summed E-state index contributed by atoms with van der Waals surface area (Å²) in [5.41, 5.74) is 0.744. The van der Waals surface area contributed by atoms with Crippen LogP contribution in [0.25, 0.3) is 0 Å². The van der Waals surface area contributed by atoms with E-state index in [-0.39, 0.29) is 12.0 Å². The van der Waals surface area contributed by atoms with Gasteiger partial charge in [0.05, 0.1) is 17.7 Å². The lowest BCUT2D eigenvalue weighted by atomic mass is 10.2. The highest BCUT2D eigenvalue weighted by atomic mass is 35.5. The summed E-state index contributed by atoms with van der Waals surface area (Å²) in [6, 6.07) is 12.4. The molecule has 0 aliphatic heterocycles. The zero-order chi connectivity index (χ0) is 18.9. The standard InChI is InChI=1S/C20H23Cl2NO3/c1-3-14(2)26-17-9-7-16(8-10-17)23-20(24)5-4-12-25-19-11-6-15(21)13-18(19)22/h6-11,13-14H,3-5,12H2,1-2H3,(H,23,24). The van der Waals surface area contributed by atoms with Crippen LogP contribution in [-0.2, 0) is 4.79 Å². The van der Waals surface area contributed by atoms with Gasteiger partial charge in [0.1, 0.15) is 11.5 Å². The molecule has 0 spiro atoms. The Morgan fingerprint density at radius 1 is 1.15 bits per heavy atom. The molecular weight excluding hydrogens is 373 g/mol. The van der Waals surface area contributed by atoms with E-state index < -0.39 is 0 Å². The summed E-state index contributed by atoms with van der Waals surface area (Å²) in [6.45, 7) is 4.50. The average Bonchev–Trinajstić information content (AvgIpc) is 2.61. The van der Waals surface area contributed by atoms with Crippen molar-refractivity contribution in [3.05, 3.63) is 52.5 Å². The minimum atomic E-state index is -0.0635. The maximum Gasteiger partial charge on any atom is 0.224 e. The minimum Gasteiger partial charge on any atom is -0.492 e. The summed E-state index contributed by atoms with van der Waals surface area (Å²) in [6.07, 6.45) is 2.06. The Hall–Kier alpha value is -1.91. The molecule has 0 bridgehead atoms. The molecule has 2 aromatic rings. The maximum absolute atomic E-state index is 12.0. The molecule has 1 atom stereocenters. The Morgan fingerprint density at radius 3 is 2.54 bits per heavy atom. The number of hydrogen-bond donors (Lipinski definition) is 1. The third-order valence-electron chi connectivity index (χ3n) is 3.75. The van der Waals surface area contributed by atoms with Gasteiger partial charge in [-0.1, -0.05) is 30.1 Å². The second-order valence-corrected chi connectivity index (χ2v) is 6.78. The number of rotatable bonds is 9. The molecule has 0 aliphatic rings. The van der Waals surface area contributed by atoms with E-state index >= 15 is 0 Å². The van der Waals surface area contributed by atoms with Crippen molar-refractivity contribution in [3.8, 4) is 11.5 Å². The molecule has 140 valence electrons. The van der Waals surface area contributed by atoms with Gasteiger partial charge in [-0.3, -0.25) is 4.79 Å². The van der Waals surface area contributed by atoms with E-state index in [1.165, 1.54) is 0 Å².